The van der Waals surface area contributed by atoms with Crippen LogP contribution in [0.3, 0.4) is 0 Å². The number of rotatable bonds is 4. The van der Waals surface area contributed by atoms with Gasteiger partial charge in [-0.3, -0.25) is 4.90 Å². The highest BCUT2D eigenvalue weighted by Crippen LogP contribution is 2.11. The number of carbonyl (C=O) groups excluding carboxylic acids is 1. The summed E-state index contributed by atoms with van der Waals surface area (Å²) in [5, 5.41) is 2.91. The van der Waals surface area contributed by atoms with Gasteiger partial charge in [-0.1, -0.05) is 42.0 Å². The Bertz CT molecular complexity index is 709. The van der Waals surface area contributed by atoms with Gasteiger partial charge in [0, 0.05) is 39.3 Å². The molecule has 1 saturated heterocycles. The fourth-order valence-corrected chi connectivity index (χ4v) is 3.07. The summed E-state index contributed by atoms with van der Waals surface area (Å²) in [4.78, 5) is 16.5. The van der Waals surface area contributed by atoms with E-state index in [-0.39, 0.29) is 11.8 Å². The van der Waals surface area contributed by atoms with E-state index in [2.05, 4.69) is 41.4 Å². The molecule has 0 atom stereocenters. The highest BCUT2D eigenvalue weighted by molar-refractivity contribution is 5.74. The normalized spacial score (nSPS) is 15.2. The van der Waals surface area contributed by atoms with Crippen molar-refractivity contribution in [3.05, 3.63) is 71.0 Å². The lowest BCUT2D eigenvalue weighted by Crippen LogP contribution is -2.51. The average Bonchev–Trinajstić information content (AvgIpc) is 2.62. The third-order valence-electron chi connectivity index (χ3n) is 4.51. The van der Waals surface area contributed by atoms with Gasteiger partial charge in [0.15, 0.2) is 0 Å². The van der Waals surface area contributed by atoms with Crippen LogP contribution in [-0.4, -0.2) is 42.0 Å². The third-order valence-corrected chi connectivity index (χ3v) is 4.51. The Morgan fingerprint density at radius 3 is 2.44 bits per heavy atom. The van der Waals surface area contributed by atoms with Crippen molar-refractivity contribution >= 4 is 6.03 Å². The number of benzene rings is 2. The molecule has 0 unspecified atom stereocenters. The number of hydrogen-bond acceptors (Lipinski definition) is 2. The van der Waals surface area contributed by atoms with Gasteiger partial charge in [0.05, 0.1) is 0 Å². The molecule has 2 amide bonds. The highest BCUT2D eigenvalue weighted by atomic mass is 19.1. The van der Waals surface area contributed by atoms with E-state index in [1.165, 1.54) is 23.3 Å². The predicted molar refractivity (Wildman–Crippen MR) is 96.7 cm³/mol. The second-order valence-corrected chi connectivity index (χ2v) is 6.54. The number of piperazine rings is 1. The molecule has 2 aromatic carbocycles. The largest absolute Gasteiger partial charge is 0.334 e. The van der Waals surface area contributed by atoms with Crippen molar-refractivity contribution in [1.29, 1.82) is 0 Å². The van der Waals surface area contributed by atoms with Gasteiger partial charge in [0.2, 0.25) is 0 Å². The van der Waals surface area contributed by atoms with Gasteiger partial charge in [-0.2, -0.15) is 0 Å². The molecule has 1 aliphatic rings. The fraction of sp³-hybridized carbons (Fsp3) is 0.350. The molecule has 5 heteroatoms. The smallest absolute Gasteiger partial charge is 0.317 e. The van der Waals surface area contributed by atoms with Crippen LogP contribution < -0.4 is 5.32 Å². The molecule has 1 fully saturated rings. The second kappa shape index (κ2) is 8.12. The number of amides is 2. The fourth-order valence-electron chi connectivity index (χ4n) is 3.07. The summed E-state index contributed by atoms with van der Waals surface area (Å²) in [6.07, 6.45) is 0. The van der Waals surface area contributed by atoms with Gasteiger partial charge in [-0.05, 0) is 30.2 Å². The summed E-state index contributed by atoms with van der Waals surface area (Å²) < 4.78 is 12.9. The second-order valence-electron chi connectivity index (χ2n) is 6.54. The molecule has 0 bridgehead atoms. The zero-order chi connectivity index (χ0) is 17.6. The van der Waals surface area contributed by atoms with E-state index < -0.39 is 0 Å². The maximum Gasteiger partial charge on any atom is 0.317 e. The number of urea groups is 1. The summed E-state index contributed by atoms with van der Waals surface area (Å²) >= 11 is 0. The van der Waals surface area contributed by atoms with Crippen LogP contribution in [0.15, 0.2) is 48.5 Å². The minimum Gasteiger partial charge on any atom is -0.334 e. The molecule has 4 nitrogen and oxygen atoms in total. The standard InChI is InChI=1S/C20H24FN3O/c1-16-3-2-4-18(13-16)15-23-9-11-24(12-10-23)20(25)22-14-17-5-7-19(21)8-6-17/h2-8,13H,9-12,14-15H2,1H3,(H,22,25). The van der Waals surface area contributed by atoms with E-state index >= 15 is 0 Å². The summed E-state index contributed by atoms with van der Waals surface area (Å²) in [6.45, 7) is 6.64. The molecule has 0 radical (unpaired) electrons. The molecule has 0 aliphatic carbocycles. The van der Waals surface area contributed by atoms with Crippen LogP contribution in [0.25, 0.3) is 0 Å². The topological polar surface area (TPSA) is 35.6 Å². The molecule has 25 heavy (non-hydrogen) atoms. The molecule has 0 saturated carbocycles. The maximum atomic E-state index is 12.9. The van der Waals surface area contributed by atoms with Crippen molar-refractivity contribution in [2.45, 2.75) is 20.0 Å². The SMILES string of the molecule is Cc1cccc(CN2CCN(C(=O)NCc3ccc(F)cc3)CC2)c1. The summed E-state index contributed by atoms with van der Waals surface area (Å²) in [7, 11) is 0. The Labute approximate surface area is 148 Å². The van der Waals surface area contributed by atoms with Crippen molar-refractivity contribution in [2.24, 2.45) is 0 Å². The van der Waals surface area contributed by atoms with Crippen molar-refractivity contribution in [3.63, 3.8) is 0 Å². The van der Waals surface area contributed by atoms with E-state index in [0.29, 0.717) is 6.54 Å². The molecule has 1 heterocycles. The number of aryl methyl sites for hydroxylation is 1. The van der Waals surface area contributed by atoms with Gasteiger partial charge in [-0.15, -0.1) is 0 Å². The highest BCUT2D eigenvalue weighted by Gasteiger charge is 2.20. The molecular weight excluding hydrogens is 317 g/mol. The molecule has 1 aliphatic heterocycles. The van der Waals surface area contributed by atoms with E-state index in [0.717, 1.165) is 38.3 Å². The van der Waals surface area contributed by atoms with E-state index in [1.54, 1.807) is 12.1 Å². The number of hydrogen-bond donors (Lipinski definition) is 1. The lowest BCUT2D eigenvalue weighted by atomic mass is 10.1. The number of nitrogens with zero attached hydrogens (tertiary/aromatic N) is 2. The van der Waals surface area contributed by atoms with Crippen molar-refractivity contribution in [1.82, 2.24) is 15.1 Å². The maximum absolute atomic E-state index is 12.9. The van der Waals surface area contributed by atoms with Gasteiger partial charge < -0.3 is 10.2 Å². The van der Waals surface area contributed by atoms with Crippen LogP contribution in [0.2, 0.25) is 0 Å². The minimum absolute atomic E-state index is 0.0560. The Morgan fingerprint density at radius 2 is 1.76 bits per heavy atom. The zero-order valence-electron chi connectivity index (χ0n) is 14.5. The molecule has 3 rings (SSSR count). The Balaban J connectivity index is 1.43. The van der Waals surface area contributed by atoms with E-state index in [9.17, 15) is 9.18 Å². The van der Waals surface area contributed by atoms with Gasteiger partial charge >= 0.3 is 6.03 Å². The van der Waals surface area contributed by atoms with Gasteiger partial charge in [0.25, 0.3) is 0 Å². The Morgan fingerprint density at radius 1 is 1.04 bits per heavy atom. The van der Waals surface area contributed by atoms with Gasteiger partial charge in [-0.25, -0.2) is 9.18 Å². The minimum atomic E-state index is -0.264. The van der Waals surface area contributed by atoms with Crippen LogP contribution in [0, 0.1) is 12.7 Å². The van der Waals surface area contributed by atoms with Crippen LogP contribution >= 0.6 is 0 Å². The van der Waals surface area contributed by atoms with Crippen molar-refractivity contribution < 1.29 is 9.18 Å². The number of halogens is 1. The Hall–Kier alpha value is -2.40. The van der Waals surface area contributed by atoms with Gasteiger partial charge in [0.1, 0.15) is 5.82 Å². The van der Waals surface area contributed by atoms with Crippen molar-refractivity contribution in [2.75, 3.05) is 26.2 Å². The number of nitrogens with one attached hydrogen (secondary N) is 1. The summed E-state index contributed by atoms with van der Waals surface area (Å²) in [6, 6.07) is 14.7. The monoisotopic (exact) mass is 341 g/mol. The molecular formula is C20H24FN3O. The summed E-state index contributed by atoms with van der Waals surface area (Å²) in [5.74, 6) is -0.264. The lowest BCUT2D eigenvalue weighted by molar-refractivity contribution is 0.135. The molecule has 2 aromatic rings. The first-order chi connectivity index (χ1) is 12.1. The first-order valence-corrected chi connectivity index (χ1v) is 8.65. The molecule has 132 valence electrons. The molecule has 0 spiro atoms. The predicted octanol–water partition coefficient (Wildman–Crippen LogP) is 3.16. The van der Waals surface area contributed by atoms with Crippen LogP contribution in [-0.2, 0) is 13.1 Å². The van der Waals surface area contributed by atoms with E-state index in [1.807, 2.05) is 4.90 Å². The van der Waals surface area contributed by atoms with Crippen LogP contribution in [0.4, 0.5) is 9.18 Å². The Kier molecular flexibility index (Phi) is 5.66. The first-order valence-electron chi connectivity index (χ1n) is 8.65. The van der Waals surface area contributed by atoms with Crippen LogP contribution in [0.5, 0.6) is 0 Å². The zero-order valence-corrected chi connectivity index (χ0v) is 14.5. The average molecular weight is 341 g/mol. The molecule has 1 N–H and O–H groups in total. The molecule has 0 aromatic heterocycles. The van der Waals surface area contributed by atoms with Crippen LogP contribution in [0.1, 0.15) is 16.7 Å². The lowest BCUT2D eigenvalue weighted by Gasteiger charge is -2.34. The van der Waals surface area contributed by atoms with Crippen molar-refractivity contribution in [3.8, 4) is 0 Å². The first kappa shape index (κ1) is 17.4. The third kappa shape index (κ3) is 5.03. The quantitative estimate of drug-likeness (QED) is 0.927. The number of carbonyl (C=O) groups is 1. The van der Waals surface area contributed by atoms with E-state index in [4.69, 9.17) is 0 Å². The summed E-state index contributed by atoms with van der Waals surface area (Å²) in [5.41, 5.74) is 3.48.